The van der Waals surface area contributed by atoms with Crippen molar-refractivity contribution in [2.24, 2.45) is 5.73 Å². The van der Waals surface area contributed by atoms with Gasteiger partial charge in [-0.2, -0.15) is 0 Å². The Kier molecular flexibility index (Phi) is 5.67. The lowest BCUT2D eigenvalue weighted by atomic mass is 9.96. The fourth-order valence-corrected chi connectivity index (χ4v) is 4.91. The van der Waals surface area contributed by atoms with Gasteiger partial charge in [0.25, 0.3) is 0 Å². The van der Waals surface area contributed by atoms with E-state index in [0.717, 1.165) is 43.9 Å². The Hall–Kier alpha value is -3.90. The predicted molar refractivity (Wildman–Crippen MR) is 128 cm³/mol. The molecule has 168 valence electrons. The van der Waals surface area contributed by atoms with Crippen LogP contribution in [0.3, 0.4) is 0 Å². The molecule has 2 unspecified atom stereocenters. The highest BCUT2D eigenvalue weighted by Crippen LogP contribution is 2.39. The van der Waals surface area contributed by atoms with Crippen LogP contribution in [-0.4, -0.2) is 57.0 Å². The summed E-state index contributed by atoms with van der Waals surface area (Å²) in [5, 5.41) is 18.7. The van der Waals surface area contributed by atoms with Crippen molar-refractivity contribution in [3.8, 4) is 28.8 Å². The number of anilines is 3. The Morgan fingerprint density at radius 2 is 1.91 bits per heavy atom. The maximum Gasteiger partial charge on any atom is 0.206 e. The molecule has 0 amide bonds. The van der Waals surface area contributed by atoms with Crippen molar-refractivity contribution in [2.75, 3.05) is 35.2 Å². The highest BCUT2D eigenvalue weighted by atomic mass is 16.3. The highest BCUT2D eigenvalue weighted by Gasteiger charge is 2.41. The van der Waals surface area contributed by atoms with Crippen LogP contribution in [0.4, 0.5) is 17.3 Å². The zero-order valence-electron chi connectivity index (χ0n) is 18.2. The first-order chi connectivity index (χ1) is 16.2. The van der Waals surface area contributed by atoms with Gasteiger partial charge in [-0.05, 0) is 49.4 Å². The van der Waals surface area contributed by atoms with Gasteiger partial charge < -0.3 is 26.4 Å². The third-order valence-corrected chi connectivity index (χ3v) is 6.34. The van der Waals surface area contributed by atoms with Gasteiger partial charge in [0, 0.05) is 24.8 Å². The minimum Gasteiger partial charge on any atom is -0.507 e. The van der Waals surface area contributed by atoms with Gasteiger partial charge in [-0.3, -0.25) is 0 Å². The summed E-state index contributed by atoms with van der Waals surface area (Å²) in [6.45, 7) is 2.06. The molecule has 33 heavy (non-hydrogen) atoms. The number of aromatic nitrogens is 4. The quantitative estimate of drug-likeness (QED) is 0.520. The van der Waals surface area contributed by atoms with Crippen LogP contribution in [0.2, 0.25) is 0 Å². The monoisotopic (exact) mass is 442 g/mol. The summed E-state index contributed by atoms with van der Waals surface area (Å²) < 4.78 is 0. The molecule has 0 radical (unpaired) electrons. The minimum absolute atomic E-state index is 0.170. The van der Waals surface area contributed by atoms with E-state index < -0.39 is 0 Å². The second-order valence-electron chi connectivity index (χ2n) is 8.21. The molecule has 9 heteroatoms. The summed E-state index contributed by atoms with van der Waals surface area (Å²) in [6.07, 6.45) is 4.82. The topological polar surface area (TPSA) is 130 Å². The average molecular weight is 443 g/mol. The van der Waals surface area contributed by atoms with Gasteiger partial charge in [0.05, 0.1) is 30.0 Å². The van der Waals surface area contributed by atoms with Gasteiger partial charge in [-0.15, -0.1) is 10.2 Å². The fraction of sp³-hybridized carbons (Fsp3) is 0.333. The van der Waals surface area contributed by atoms with Crippen LogP contribution in [0.15, 0.2) is 42.6 Å². The SMILES string of the molecule is NCC#Cc1nccc(N2CCC3C2CCCN3c2cc(-c3ccccc3O)nnc2N)n1. The molecule has 0 spiro atoms. The molecular weight excluding hydrogens is 416 g/mol. The smallest absolute Gasteiger partial charge is 0.206 e. The second-order valence-corrected chi connectivity index (χ2v) is 8.21. The zero-order valence-corrected chi connectivity index (χ0v) is 18.2. The van der Waals surface area contributed by atoms with Crippen LogP contribution in [-0.2, 0) is 0 Å². The van der Waals surface area contributed by atoms with Gasteiger partial charge in [-0.25, -0.2) is 9.97 Å². The van der Waals surface area contributed by atoms with Crippen LogP contribution < -0.4 is 21.3 Å². The van der Waals surface area contributed by atoms with Crippen LogP contribution >= 0.6 is 0 Å². The lowest BCUT2D eigenvalue weighted by Gasteiger charge is -2.41. The van der Waals surface area contributed by atoms with E-state index in [1.807, 2.05) is 24.3 Å². The number of nitrogens with zero attached hydrogens (tertiary/aromatic N) is 6. The first-order valence-corrected chi connectivity index (χ1v) is 11.1. The Bertz CT molecular complexity index is 1220. The third-order valence-electron chi connectivity index (χ3n) is 6.34. The molecule has 3 aromatic rings. The summed E-state index contributed by atoms with van der Waals surface area (Å²) >= 11 is 0. The number of benzene rings is 1. The number of hydrogen-bond acceptors (Lipinski definition) is 9. The Morgan fingerprint density at radius 3 is 2.76 bits per heavy atom. The maximum absolute atomic E-state index is 10.3. The van der Waals surface area contributed by atoms with Crippen LogP contribution in [0, 0.1) is 11.8 Å². The summed E-state index contributed by atoms with van der Waals surface area (Å²) in [4.78, 5) is 13.6. The molecule has 2 aromatic heterocycles. The number of aromatic hydroxyl groups is 1. The zero-order chi connectivity index (χ0) is 22.8. The van der Waals surface area contributed by atoms with Crippen LogP contribution in [0.5, 0.6) is 5.75 Å². The molecule has 4 heterocycles. The molecule has 2 aliphatic heterocycles. The van der Waals surface area contributed by atoms with E-state index in [4.69, 9.17) is 11.5 Å². The maximum atomic E-state index is 10.3. The van der Waals surface area contributed by atoms with Crippen molar-refractivity contribution in [1.82, 2.24) is 20.2 Å². The fourth-order valence-electron chi connectivity index (χ4n) is 4.91. The number of para-hydroxylation sites is 1. The number of nitrogen functional groups attached to an aromatic ring is 1. The van der Waals surface area contributed by atoms with E-state index in [1.165, 1.54) is 0 Å². The van der Waals surface area contributed by atoms with Crippen molar-refractivity contribution in [3.05, 3.63) is 48.4 Å². The number of nitrogens with two attached hydrogens (primary N) is 2. The average Bonchev–Trinajstić information content (AvgIpc) is 3.28. The number of rotatable bonds is 3. The van der Waals surface area contributed by atoms with Gasteiger partial charge in [0.15, 0.2) is 5.82 Å². The van der Waals surface area contributed by atoms with Gasteiger partial charge >= 0.3 is 0 Å². The van der Waals surface area contributed by atoms with Gasteiger partial charge in [-0.1, -0.05) is 18.1 Å². The Morgan fingerprint density at radius 1 is 1.06 bits per heavy atom. The van der Waals surface area contributed by atoms with E-state index in [9.17, 15) is 5.11 Å². The van der Waals surface area contributed by atoms with E-state index in [-0.39, 0.29) is 18.3 Å². The van der Waals surface area contributed by atoms with Crippen molar-refractivity contribution in [1.29, 1.82) is 0 Å². The minimum atomic E-state index is 0.170. The Labute approximate surface area is 192 Å². The molecule has 1 aromatic carbocycles. The summed E-state index contributed by atoms with van der Waals surface area (Å²) in [7, 11) is 0. The first-order valence-electron chi connectivity index (χ1n) is 11.1. The Balaban J connectivity index is 1.44. The number of phenolic OH excluding ortho intramolecular Hbond substituents is 1. The number of fused-ring (bicyclic) bond motifs is 1. The number of phenols is 1. The molecule has 2 aliphatic rings. The second kappa shape index (κ2) is 8.92. The molecular formula is C24H26N8O. The normalized spacial score (nSPS) is 19.7. The van der Waals surface area contributed by atoms with Crippen molar-refractivity contribution < 1.29 is 5.11 Å². The van der Waals surface area contributed by atoms with Crippen LogP contribution in [0.1, 0.15) is 25.1 Å². The molecule has 5 N–H and O–H groups in total. The van der Waals surface area contributed by atoms with Crippen molar-refractivity contribution in [2.45, 2.75) is 31.3 Å². The lowest BCUT2D eigenvalue weighted by Crippen LogP contribution is -2.50. The molecule has 0 aliphatic carbocycles. The molecule has 2 saturated heterocycles. The van der Waals surface area contributed by atoms with E-state index in [2.05, 4.69) is 41.8 Å². The van der Waals surface area contributed by atoms with Crippen molar-refractivity contribution >= 4 is 17.3 Å². The summed E-state index contributed by atoms with van der Waals surface area (Å²) in [5.74, 6) is 7.68. The number of piperidine rings is 1. The van der Waals surface area contributed by atoms with Gasteiger partial charge in [0.2, 0.25) is 5.82 Å². The molecule has 5 rings (SSSR count). The number of hydrogen-bond donors (Lipinski definition) is 3. The van der Waals surface area contributed by atoms with E-state index in [1.54, 1.807) is 18.3 Å². The van der Waals surface area contributed by atoms with Crippen LogP contribution in [0.25, 0.3) is 11.3 Å². The summed E-state index contributed by atoms with van der Waals surface area (Å²) in [6, 6.07) is 11.6. The largest absolute Gasteiger partial charge is 0.507 e. The molecule has 0 saturated carbocycles. The van der Waals surface area contributed by atoms with E-state index >= 15 is 0 Å². The standard InChI is InChI=1S/C24H26N8O/c25-11-3-8-22-27-12-9-23(28-22)32-14-10-19-18(32)6-4-13-31(19)20-15-17(29-30-24(20)26)16-5-1-2-7-21(16)33/h1-2,5,7,9,12,15,18-19,33H,4,6,10-11,13-14,25H2,(H2,26,30). The highest BCUT2D eigenvalue weighted by molar-refractivity contribution is 5.74. The van der Waals surface area contributed by atoms with Crippen molar-refractivity contribution in [3.63, 3.8) is 0 Å². The third kappa shape index (κ3) is 4.01. The first kappa shape index (κ1) is 21.0. The molecule has 9 nitrogen and oxygen atoms in total. The summed E-state index contributed by atoms with van der Waals surface area (Å²) in [5.41, 5.74) is 13.9. The lowest BCUT2D eigenvalue weighted by molar-refractivity contribution is 0.433. The predicted octanol–water partition coefficient (Wildman–Crippen LogP) is 1.78. The van der Waals surface area contributed by atoms with Gasteiger partial charge in [0.1, 0.15) is 11.6 Å². The van der Waals surface area contributed by atoms with E-state index in [0.29, 0.717) is 28.9 Å². The molecule has 0 bridgehead atoms. The molecule has 2 fully saturated rings. The molecule has 2 atom stereocenters.